The van der Waals surface area contributed by atoms with Gasteiger partial charge in [-0.25, -0.2) is 0 Å². The second-order valence-corrected chi connectivity index (χ2v) is 2.47. The molecule has 12 heavy (non-hydrogen) atoms. The molecule has 0 spiro atoms. The molecule has 66 valence electrons. The smallest absolute Gasteiger partial charge is 0.141 e. The molecule has 0 saturated heterocycles. The highest BCUT2D eigenvalue weighted by atomic mass is 16.5. The van der Waals surface area contributed by atoms with E-state index < -0.39 is 0 Å². The highest BCUT2D eigenvalue weighted by Gasteiger charge is 1.99. The number of methoxy groups -OCH3 is 1. The molecule has 0 bridgehead atoms. The minimum absolute atomic E-state index is 0.836. The van der Waals surface area contributed by atoms with Crippen molar-refractivity contribution in [1.29, 1.82) is 0 Å². The normalized spacial score (nSPS) is 9.83. The van der Waals surface area contributed by atoms with Crippen molar-refractivity contribution >= 4 is 0 Å². The Morgan fingerprint density at radius 1 is 1.58 bits per heavy atom. The third-order valence-corrected chi connectivity index (χ3v) is 1.66. The van der Waals surface area contributed by atoms with Crippen LogP contribution in [-0.4, -0.2) is 18.6 Å². The standard InChI is InChI=1S/C9H14N2O/c1-3-10-6-8-4-5-11-7-9(8)12-2/h4-5,7,10H,3,6H2,1-2H3. The highest BCUT2D eigenvalue weighted by molar-refractivity contribution is 5.29. The molecule has 0 atom stereocenters. The topological polar surface area (TPSA) is 34.2 Å². The third-order valence-electron chi connectivity index (χ3n) is 1.66. The quantitative estimate of drug-likeness (QED) is 0.729. The van der Waals surface area contributed by atoms with Crippen molar-refractivity contribution in [3.63, 3.8) is 0 Å². The number of hydrogen-bond acceptors (Lipinski definition) is 3. The Kier molecular flexibility index (Phi) is 3.54. The van der Waals surface area contributed by atoms with Crippen LogP contribution >= 0.6 is 0 Å². The van der Waals surface area contributed by atoms with Crippen molar-refractivity contribution in [2.45, 2.75) is 13.5 Å². The summed E-state index contributed by atoms with van der Waals surface area (Å²) in [6, 6.07) is 1.96. The van der Waals surface area contributed by atoms with E-state index in [0.29, 0.717) is 0 Å². The summed E-state index contributed by atoms with van der Waals surface area (Å²) in [6.45, 7) is 3.88. The van der Waals surface area contributed by atoms with Gasteiger partial charge in [-0.15, -0.1) is 0 Å². The molecular formula is C9H14N2O. The lowest BCUT2D eigenvalue weighted by Gasteiger charge is -2.06. The maximum Gasteiger partial charge on any atom is 0.141 e. The number of pyridine rings is 1. The Balaban J connectivity index is 2.68. The molecule has 3 nitrogen and oxygen atoms in total. The average molecular weight is 166 g/mol. The molecule has 3 heteroatoms. The molecule has 0 fully saturated rings. The molecule has 0 aliphatic rings. The van der Waals surface area contributed by atoms with Crippen molar-refractivity contribution in [2.24, 2.45) is 0 Å². The van der Waals surface area contributed by atoms with Crippen LogP contribution in [0.4, 0.5) is 0 Å². The zero-order chi connectivity index (χ0) is 8.81. The number of ether oxygens (including phenoxy) is 1. The summed E-state index contributed by atoms with van der Waals surface area (Å²) in [4.78, 5) is 3.97. The summed E-state index contributed by atoms with van der Waals surface area (Å²) in [6.07, 6.45) is 3.50. The van der Waals surface area contributed by atoms with Crippen LogP contribution in [0.5, 0.6) is 5.75 Å². The monoisotopic (exact) mass is 166 g/mol. The summed E-state index contributed by atoms with van der Waals surface area (Å²) in [7, 11) is 1.66. The lowest BCUT2D eigenvalue weighted by Crippen LogP contribution is -2.12. The maximum absolute atomic E-state index is 5.14. The fourth-order valence-electron chi connectivity index (χ4n) is 0.998. The first-order valence-corrected chi connectivity index (χ1v) is 4.06. The second-order valence-electron chi connectivity index (χ2n) is 2.47. The third kappa shape index (κ3) is 2.20. The zero-order valence-electron chi connectivity index (χ0n) is 7.50. The van der Waals surface area contributed by atoms with Crippen LogP contribution < -0.4 is 10.1 Å². The van der Waals surface area contributed by atoms with Crippen molar-refractivity contribution in [3.05, 3.63) is 24.0 Å². The SMILES string of the molecule is CCNCc1ccncc1OC. The Labute approximate surface area is 72.8 Å². The predicted octanol–water partition coefficient (Wildman–Crippen LogP) is 1.20. The van der Waals surface area contributed by atoms with Gasteiger partial charge in [0.2, 0.25) is 0 Å². The van der Waals surface area contributed by atoms with E-state index in [1.165, 1.54) is 0 Å². The van der Waals surface area contributed by atoms with Gasteiger partial charge in [0, 0.05) is 18.3 Å². The van der Waals surface area contributed by atoms with Crippen LogP contribution in [-0.2, 0) is 6.54 Å². The van der Waals surface area contributed by atoms with Gasteiger partial charge in [0.05, 0.1) is 13.3 Å². The highest BCUT2D eigenvalue weighted by Crippen LogP contribution is 2.14. The summed E-state index contributed by atoms with van der Waals surface area (Å²) >= 11 is 0. The van der Waals surface area contributed by atoms with Crippen LogP contribution in [0.2, 0.25) is 0 Å². The van der Waals surface area contributed by atoms with Crippen LogP contribution in [0.3, 0.4) is 0 Å². The van der Waals surface area contributed by atoms with E-state index in [2.05, 4.69) is 17.2 Å². The molecule has 1 rings (SSSR count). The van der Waals surface area contributed by atoms with E-state index >= 15 is 0 Å². The predicted molar refractivity (Wildman–Crippen MR) is 48.2 cm³/mol. The van der Waals surface area contributed by atoms with Crippen LogP contribution in [0.25, 0.3) is 0 Å². The van der Waals surface area contributed by atoms with Crippen molar-refractivity contribution in [3.8, 4) is 5.75 Å². The first-order valence-electron chi connectivity index (χ1n) is 4.06. The molecule has 1 aromatic heterocycles. The molecule has 0 aliphatic carbocycles. The second kappa shape index (κ2) is 4.72. The summed E-state index contributed by atoms with van der Waals surface area (Å²) in [5, 5.41) is 3.23. The molecule has 0 saturated carbocycles. The Bertz CT molecular complexity index is 238. The first kappa shape index (κ1) is 9.00. The molecule has 0 aromatic carbocycles. The molecule has 1 heterocycles. The first-order chi connectivity index (χ1) is 5.88. The fourth-order valence-corrected chi connectivity index (χ4v) is 0.998. The van der Waals surface area contributed by atoms with Crippen molar-refractivity contribution < 1.29 is 4.74 Å². The van der Waals surface area contributed by atoms with Gasteiger partial charge in [-0.05, 0) is 12.6 Å². The van der Waals surface area contributed by atoms with Gasteiger partial charge >= 0.3 is 0 Å². The van der Waals surface area contributed by atoms with E-state index in [-0.39, 0.29) is 0 Å². The number of rotatable bonds is 4. The lowest BCUT2D eigenvalue weighted by molar-refractivity contribution is 0.406. The summed E-state index contributed by atoms with van der Waals surface area (Å²) in [5.41, 5.74) is 1.15. The van der Waals surface area contributed by atoms with Gasteiger partial charge in [-0.3, -0.25) is 4.98 Å². The van der Waals surface area contributed by atoms with Crippen molar-refractivity contribution in [2.75, 3.05) is 13.7 Å². The molecule has 1 aromatic rings. The molecule has 1 N–H and O–H groups in total. The fraction of sp³-hybridized carbons (Fsp3) is 0.444. The molecule has 0 amide bonds. The largest absolute Gasteiger partial charge is 0.495 e. The molecular weight excluding hydrogens is 152 g/mol. The van der Waals surface area contributed by atoms with E-state index in [9.17, 15) is 0 Å². The minimum atomic E-state index is 0.836. The van der Waals surface area contributed by atoms with Gasteiger partial charge in [-0.2, -0.15) is 0 Å². The summed E-state index contributed by atoms with van der Waals surface area (Å²) in [5.74, 6) is 0.846. The van der Waals surface area contributed by atoms with Crippen LogP contribution in [0, 0.1) is 0 Å². The van der Waals surface area contributed by atoms with E-state index in [0.717, 1.165) is 24.4 Å². The van der Waals surface area contributed by atoms with Crippen LogP contribution in [0.1, 0.15) is 12.5 Å². The van der Waals surface area contributed by atoms with E-state index in [1.807, 2.05) is 6.07 Å². The number of nitrogens with one attached hydrogen (secondary N) is 1. The number of aromatic nitrogens is 1. The van der Waals surface area contributed by atoms with E-state index in [1.54, 1.807) is 19.5 Å². The van der Waals surface area contributed by atoms with Gasteiger partial charge in [0.25, 0.3) is 0 Å². The van der Waals surface area contributed by atoms with Gasteiger partial charge < -0.3 is 10.1 Å². The molecule has 0 unspecified atom stereocenters. The minimum Gasteiger partial charge on any atom is -0.495 e. The number of nitrogens with zero attached hydrogens (tertiary/aromatic N) is 1. The number of hydrogen-bond donors (Lipinski definition) is 1. The van der Waals surface area contributed by atoms with Gasteiger partial charge in [0.1, 0.15) is 5.75 Å². The summed E-state index contributed by atoms with van der Waals surface area (Å²) < 4.78 is 5.14. The van der Waals surface area contributed by atoms with Gasteiger partial charge in [-0.1, -0.05) is 6.92 Å². The molecule has 0 aliphatic heterocycles. The Morgan fingerprint density at radius 2 is 2.42 bits per heavy atom. The average Bonchev–Trinajstić information content (AvgIpc) is 2.15. The Morgan fingerprint density at radius 3 is 3.08 bits per heavy atom. The lowest BCUT2D eigenvalue weighted by atomic mass is 10.2. The molecule has 0 radical (unpaired) electrons. The van der Waals surface area contributed by atoms with Crippen LogP contribution in [0.15, 0.2) is 18.5 Å². The van der Waals surface area contributed by atoms with Gasteiger partial charge in [0.15, 0.2) is 0 Å². The maximum atomic E-state index is 5.14. The Hall–Kier alpha value is -1.09. The zero-order valence-corrected chi connectivity index (χ0v) is 7.50. The van der Waals surface area contributed by atoms with Crippen molar-refractivity contribution in [1.82, 2.24) is 10.3 Å². The van der Waals surface area contributed by atoms with E-state index in [4.69, 9.17) is 4.74 Å².